The summed E-state index contributed by atoms with van der Waals surface area (Å²) in [6.45, 7) is 10.5. The van der Waals surface area contributed by atoms with Crippen LogP contribution in [0.15, 0.2) is 48.5 Å². The van der Waals surface area contributed by atoms with Gasteiger partial charge in [0.25, 0.3) is 0 Å². The fraction of sp³-hybridized carbons (Fsp3) is 0.440. The second kappa shape index (κ2) is 10.8. The summed E-state index contributed by atoms with van der Waals surface area (Å²) in [5.74, 6) is -0.0976. The third-order valence-electron chi connectivity index (χ3n) is 5.43. The van der Waals surface area contributed by atoms with Gasteiger partial charge >= 0.3 is 0 Å². The van der Waals surface area contributed by atoms with Crippen molar-refractivity contribution in [2.75, 3.05) is 0 Å². The average Bonchev–Trinajstić information content (AvgIpc) is 2.69. The van der Waals surface area contributed by atoms with Crippen molar-refractivity contribution in [1.29, 1.82) is 0 Å². The third-order valence-corrected chi connectivity index (χ3v) is 5.43. The van der Waals surface area contributed by atoms with Crippen molar-refractivity contribution in [2.45, 2.75) is 72.5 Å². The third kappa shape index (κ3) is 6.45. The van der Waals surface area contributed by atoms with Gasteiger partial charge in [0.1, 0.15) is 6.04 Å². The number of amides is 2. The molecule has 2 aromatic rings. The highest BCUT2D eigenvalue weighted by Crippen LogP contribution is 2.17. The lowest BCUT2D eigenvalue weighted by Gasteiger charge is -2.32. The van der Waals surface area contributed by atoms with E-state index < -0.39 is 6.04 Å². The molecule has 0 radical (unpaired) electrons. The largest absolute Gasteiger partial charge is 0.352 e. The summed E-state index contributed by atoms with van der Waals surface area (Å²) in [6.07, 6.45) is 1.73. The molecule has 0 saturated carbocycles. The van der Waals surface area contributed by atoms with Crippen LogP contribution >= 0.6 is 0 Å². The van der Waals surface area contributed by atoms with E-state index in [9.17, 15) is 9.59 Å². The van der Waals surface area contributed by atoms with Crippen LogP contribution in [-0.2, 0) is 22.6 Å². The Hall–Kier alpha value is -2.62. The lowest BCUT2D eigenvalue weighted by Crippen LogP contribution is -2.51. The Bertz CT molecular complexity index is 831. The summed E-state index contributed by atoms with van der Waals surface area (Å²) in [6, 6.07) is 15.7. The molecule has 2 atom stereocenters. The zero-order chi connectivity index (χ0) is 21.4. The number of nitrogens with zero attached hydrogens (tertiary/aromatic N) is 1. The highest BCUT2D eigenvalue weighted by atomic mass is 16.2. The van der Waals surface area contributed by atoms with Crippen LogP contribution in [0, 0.1) is 13.8 Å². The molecule has 2 aromatic carbocycles. The first kappa shape index (κ1) is 22.7. The molecule has 0 spiro atoms. The Kier molecular flexibility index (Phi) is 8.44. The number of rotatable bonds is 9. The van der Waals surface area contributed by atoms with Crippen LogP contribution in [0.3, 0.4) is 0 Å². The minimum absolute atomic E-state index is 0.0213. The number of hydrogen-bond donors (Lipinski definition) is 1. The van der Waals surface area contributed by atoms with E-state index in [1.165, 1.54) is 0 Å². The monoisotopic (exact) mass is 394 g/mol. The predicted molar refractivity (Wildman–Crippen MR) is 119 cm³/mol. The van der Waals surface area contributed by atoms with Gasteiger partial charge in [-0.1, -0.05) is 67.9 Å². The number of hydrogen-bond acceptors (Lipinski definition) is 2. The maximum absolute atomic E-state index is 13.4. The molecule has 29 heavy (non-hydrogen) atoms. The summed E-state index contributed by atoms with van der Waals surface area (Å²) >= 11 is 0. The number of carbonyl (C=O) groups is 2. The van der Waals surface area contributed by atoms with E-state index in [0.29, 0.717) is 19.4 Å². The van der Waals surface area contributed by atoms with Crippen molar-refractivity contribution in [3.8, 4) is 0 Å². The van der Waals surface area contributed by atoms with Crippen molar-refractivity contribution in [1.82, 2.24) is 10.2 Å². The summed E-state index contributed by atoms with van der Waals surface area (Å²) in [7, 11) is 0. The first-order valence-electron chi connectivity index (χ1n) is 10.6. The van der Waals surface area contributed by atoms with Gasteiger partial charge in [-0.05, 0) is 50.3 Å². The fourth-order valence-corrected chi connectivity index (χ4v) is 3.44. The maximum Gasteiger partial charge on any atom is 0.243 e. The van der Waals surface area contributed by atoms with Gasteiger partial charge in [-0.15, -0.1) is 0 Å². The van der Waals surface area contributed by atoms with E-state index in [1.54, 1.807) is 4.90 Å². The highest BCUT2D eigenvalue weighted by molar-refractivity contribution is 5.88. The van der Waals surface area contributed by atoms with E-state index in [0.717, 1.165) is 28.7 Å². The Morgan fingerprint density at radius 1 is 1.00 bits per heavy atom. The summed E-state index contributed by atoms with van der Waals surface area (Å²) in [5, 5.41) is 3.06. The molecule has 0 fully saturated rings. The molecule has 2 amide bonds. The molecule has 1 N–H and O–H groups in total. The lowest BCUT2D eigenvalue weighted by molar-refractivity contribution is -0.141. The average molecular weight is 395 g/mol. The second-order valence-electron chi connectivity index (χ2n) is 7.86. The van der Waals surface area contributed by atoms with Crippen LogP contribution in [0.1, 0.15) is 55.9 Å². The number of aryl methyl sites for hydroxylation is 2. The SMILES string of the molecule is CC[C@H](C)NC(=O)[C@H](CC)N(Cc1cccc(C)c1)C(=O)Cc1ccccc1C. The quantitative estimate of drug-likeness (QED) is 0.677. The summed E-state index contributed by atoms with van der Waals surface area (Å²) in [5.41, 5.74) is 4.28. The molecule has 2 rings (SSSR count). The molecular formula is C25H34N2O2. The highest BCUT2D eigenvalue weighted by Gasteiger charge is 2.29. The molecule has 0 aliphatic carbocycles. The number of benzene rings is 2. The summed E-state index contributed by atoms with van der Waals surface area (Å²) < 4.78 is 0. The zero-order valence-corrected chi connectivity index (χ0v) is 18.4. The van der Waals surface area contributed by atoms with Gasteiger partial charge in [0.05, 0.1) is 6.42 Å². The summed E-state index contributed by atoms with van der Waals surface area (Å²) in [4.78, 5) is 28.1. The molecule has 0 bridgehead atoms. The van der Waals surface area contributed by atoms with Gasteiger partial charge in [-0.2, -0.15) is 0 Å². The lowest BCUT2D eigenvalue weighted by atomic mass is 10.0. The Morgan fingerprint density at radius 3 is 2.34 bits per heavy atom. The number of nitrogens with one attached hydrogen (secondary N) is 1. The van der Waals surface area contributed by atoms with E-state index in [1.807, 2.05) is 77.1 Å². The standard InChI is InChI=1S/C25H34N2O2/c1-6-20(5)26-25(29)23(7-2)27(17-21-13-10-11-18(3)15-21)24(28)16-22-14-9-8-12-19(22)4/h8-15,20,23H,6-7,16-17H2,1-5H3,(H,26,29)/t20-,23-/m0/s1. The molecule has 4 nitrogen and oxygen atoms in total. The molecule has 0 unspecified atom stereocenters. The van der Waals surface area contributed by atoms with Gasteiger partial charge in [0.2, 0.25) is 11.8 Å². The van der Waals surface area contributed by atoms with Crippen molar-refractivity contribution in [3.63, 3.8) is 0 Å². The first-order valence-corrected chi connectivity index (χ1v) is 10.6. The molecule has 0 aliphatic rings. The van der Waals surface area contributed by atoms with E-state index in [2.05, 4.69) is 11.4 Å². The molecule has 4 heteroatoms. The molecular weight excluding hydrogens is 360 g/mol. The van der Waals surface area contributed by atoms with Crippen molar-refractivity contribution >= 4 is 11.8 Å². The van der Waals surface area contributed by atoms with Crippen molar-refractivity contribution in [2.24, 2.45) is 0 Å². The van der Waals surface area contributed by atoms with Crippen LogP contribution < -0.4 is 5.32 Å². The van der Waals surface area contributed by atoms with E-state index in [4.69, 9.17) is 0 Å². The Balaban J connectivity index is 2.31. The fourth-order valence-electron chi connectivity index (χ4n) is 3.44. The minimum Gasteiger partial charge on any atom is -0.352 e. The smallest absolute Gasteiger partial charge is 0.243 e. The van der Waals surface area contributed by atoms with Crippen LogP contribution in [0.4, 0.5) is 0 Å². The normalized spacial score (nSPS) is 12.9. The van der Waals surface area contributed by atoms with Crippen LogP contribution in [0.25, 0.3) is 0 Å². The Morgan fingerprint density at radius 2 is 1.72 bits per heavy atom. The molecule has 0 aromatic heterocycles. The minimum atomic E-state index is -0.485. The number of carbonyl (C=O) groups excluding carboxylic acids is 2. The predicted octanol–water partition coefficient (Wildman–Crippen LogP) is 4.57. The Labute approximate surface area is 175 Å². The van der Waals surface area contributed by atoms with Gasteiger partial charge in [-0.3, -0.25) is 9.59 Å². The van der Waals surface area contributed by atoms with Gasteiger partial charge < -0.3 is 10.2 Å². The second-order valence-corrected chi connectivity index (χ2v) is 7.86. The van der Waals surface area contributed by atoms with E-state index >= 15 is 0 Å². The van der Waals surface area contributed by atoms with Gasteiger partial charge in [0.15, 0.2) is 0 Å². The molecule has 156 valence electrons. The molecule has 0 saturated heterocycles. The van der Waals surface area contributed by atoms with Crippen LogP contribution in [-0.4, -0.2) is 28.8 Å². The van der Waals surface area contributed by atoms with Crippen LogP contribution in [0.5, 0.6) is 0 Å². The maximum atomic E-state index is 13.4. The topological polar surface area (TPSA) is 49.4 Å². The van der Waals surface area contributed by atoms with Crippen molar-refractivity contribution < 1.29 is 9.59 Å². The van der Waals surface area contributed by atoms with Crippen LogP contribution in [0.2, 0.25) is 0 Å². The first-order chi connectivity index (χ1) is 13.8. The van der Waals surface area contributed by atoms with E-state index in [-0.39, 0.29) is 17.9 Å². The molecule has 0 aliphatic heterocycles. The van der Waals surface area contributed by atoms with Gasteiger partial charge in [-0.25, -0.2) is 0 Å². The molecule has 0 heterocycles. The van der Waals surface area contributed by atoms with Gasteiger partial charge in [0, 0.05) is 12.6 Å². The zero-order valence-electron chi connectivity index (χ0n) is 18.4. The van der Waals surface area contributed by atoms with Crippen molar-refractivity contribution in [3.05, 3.63) is 70.8 Å².